The third-order valence-electron chi connectivity index (χ3n) is 2.90. The van der Waals surface area contributed by atoms with Gasteiger partial charge >= 0.3 is 0 Å². The number of nitrogens with one attached hydrogen (secondary N) is 1. The highest BCUT2D eigenvalue weighted by Gasteiger charge is 2.15. The SMILES string of the molecule is COCC(N)C(=O)NC(C)Cc1cc(C)cc(C)c1.Cl. The van der Waals surface area contributed by atoms with E-state index in [1.54, 1.807) is 0 Å². The fourth-order valence-electron chi connectivity index (χ4n) is 2.20. The normalized spacial score (nSPS) is 13.2. The summed E-state index contributed by atoms with van der Waals surface area (Å²) in [7, 11) is 1.53. The van der Waals surface area contributed by atoms with Gasteiger partial charge in [-0.05, 0) is 32.8 Å². The van der Waals surface area contributed by atoms with Gasteiger partial charge in [0.1, 0.15) is 6.04 Å². The minimum absolute atomic E-state index is 0. The molecular weight excluding hydrogens is 276 g/mol. The van der Waals surface area contributed by atoms with Crippen molar-refractivity contribution in [1.82, 2.24) is 5.32 Å². The van der Waals surface area contributed by atoms with Gasteiger partial charge in [0.15, 0.2) is 0 Å². The van der Waals surface area contributed by atoms with Crippen molar-refractivity contribution in [3.05, 3.63) is 34.9 Å². The van der Waals surface area contributed by atoms with Gasteiger partial charge < -0.3 is 15.8 Å². The van der Waals surface area contributed by atoms with Gasteiger partial charge in [0, 0.05) is 13.2 Å². The van der Waals surface area contributed by atoms with E-state index < -0.39 is 6.04 Å². The first-order valence-electron chi connectivity index (χ1n) is 6.54. The Kier molecular flexibility index (Phi) is 8.46. The number of aryl methyl sites for hydroxylation is 2. The molecule has 0 aliphatic carbocycles. The first kappa shape index (κ1) is 18.9. The number of ether oxygens (including phenoxy) is 1. The van der Waals surface area contributed by atoms with Gasteiger partial charge in [-0.3, -0.25) is 4.79 Å². The highest BCUT2D eigenvalue weighted by Crippen LogP contribution is 2.10. The second kappa shape index (κ2) is 8.95. The Morgan fingerprint density at radius 1 is 1.30 bits per heavy atom. The van der Waals surface area contributed by atoms with Crippen molar-refractivity contribution in [2.45, 2.75) is 39.3 Å². The molecule has 1 amide bonds. The molecule has 1 rings (SSSR count). The van der Waals surface area contributed by atoms with Crippen LogP contribution in [-0.2, 0) is 16.0 Å². The molecule has 0 aliphatic rings. The highest BCUT2D eigenvalue weighted by molar-refractivity contribution is 5.85. The molecule has 0 radical (unpaired) electrons. The third kappa shape index (κ3) is 6.37. The molecule has 2 atom stereocenters. The van der Waals surface area contributed by atoms with Crippen molar-refractivity contribution >= 4 is 18.3 Å². The molecule has 4 nitrogen and oxygen atoms in total. The van der Waals surface area contributed by atoms with Gasteiger partial charge in [-0.15, -0.1) is 12.4 Å². The van der Waals surface area contributed by atoms with E-state index in [0.717, 1.165) is 6.42 Å². The predicted molar refractivity (Wildman–Crippen MR) is 84.3 cm³/mol. The van der Waals surface area contributed by atoms with Crippen LogP contribution < -0.4 is 11.1 Å². The van der Waals surface area contributed by atoms with Crippen LogP contribution in [0.4, 0.5) is 0 Å². The maximum Gasteiger partial charge on any atom is 0.239 e. The quantitative estimate of drug-likeness (QED) is 0.841. The summed E-state index contributed by atoms with van der Waals surface area (Å²) < 4.78 is 4.87. The van der Waals surface area contributed by atoms with Crippen LogP contribution in [0.5, 0.6) is 0 Å². The largest absolute Gasteiger partial charge is 0.383 e. The molecule has 0 aromatic heterocycles. The van der Waals surface area contributed by atoms with E-state index in [2.05, 4.69) is 37.4 Å². The predicted octanol–water partition coefficient (Wildman–Crippen LogP) is 1.75. The van der Waals surface area contributed by atoms with Gasteiger partial charge in [-0.1, -0.05) is 29.3 Å². The highest BCUT2D eigenvalue weighted by atomic mass is 35.5. The van der Waals surface area contributed by atoms with Crippen molar-refractivity contribution in [1.29, 1.82) is 0 Å². The molecular formula is C15H25ClN2O2. The lowest BCUT2D eigenvalue weighted by atomic mass is 10.0. The van der Waals surface area contributed by atoms with Crippen LogP contribution in [0.15, 0.2) is 18.2 Å². The number of benzene rings is 1. The molecule has 1 aromatic rings. The van der Waals surface area contributed by atoms with Crippen LogP contribution in [0.25, 0.3) is 0 Å². The number of hydrogen-bond donors (Lipinski definition) is 2. The van der Waals surface area contributed by atoms with Crippen LogP contribution >= 0.6 is 12.4 Å². The van der Waals surface area contributed by atoms with Crippen LogP contribution in [0, 0.1) is 13.8 Å². The molecule has 0 fully saturated rings. The summed E-state index contributed by atoms with van der Waals surface area (Å²) in [5, 5.41) is 2.91. The van der Waals surface area contributed by atoms with Gasteiger partial charge in [-0.2, -0.15) is 0 Å². The lowest BCUT2D eigenvalue weighted by molar-refractivity contribution is -0.124. The molecule has 0 bridgehead atoms. The molecule has 20 heavy (non-hydrogen) atoms. The van der Waals surface area contributed by atoms with Gasteiger partial charge in [0.2, 0.25) is 5.91 Å². The molecule has 0 aliphatic heterocycles. The Morgan fingerprint density at radius 2 is 1.85 bits per heavy atom. The van der Waals surface area contributed by atoms with Crippen molar-refractivity contribution in [2.24, 2.45) is 5.73 Å². The molecule has 114 valence electrons. The Hall–Kier alpha value is -1.10. The Bertz CT molecular complexity index is 418. The second-order valence-electron chi connectivity index (χ2n) is 5.17. The zero-order valence-corrected chi connectivity index (χ0v) is 13.4. The lowest BCUT2D eigenvalue weighted by Crippen LogP contribution is -2.47. The summed E-state index contributed by atoms with van der Waals surface area (Å²) in [6, 6.07) is 5.87. The Balaban J connectivity index is 0.00000361. The Morgan fingerprint density at radius 3 is 2.35 bits per heavy atom. The van der Waals surface area contributed by atoms with Gasteiger partial charge in [-0.25, -0.2) is 0 Å². The zero-order valence-electron chi connectivity index (χ0n) is 12.6. The van der Waals surface area contributed by atoms with Crippen molar-refractivity contribution in [3.63, 3.8) is 0 Å². The van der Waals surface area contributed by atoms with E-state index in [-0.39, 0.29) is 31.0 Å². The van der Waals surface area contributed by atoms with Crippen LogP contribution in [0.2, 0.25) is 0 Å². The van der Waals surface area contributed by atoms with E-state index in [4.69, 9.17) is 10.5 Å². The summed E-state index contributed by atoms with van der Waals surface area (Å²) in [5.74, 6) is -0.168. The fourth-order valence-corrected chi connectivity index (χ4v) is 2.20. The molecule has 5 heteroatoms. The summed E-state index contributed by atoms with van der Waals surface area (Å²) in [6.07, 6.45) is 0.800. The summed E-state index contributed by atoms with van der Waals surface area (Å²) in [5.41, 5.74) is 9.39. The number of rotatable bonds is 6. The lowest BCUT2D eigenvalue weighted by Gasteiger charge is -2.17. The molecule has 0 heterocycles. The molecule has 2 unspecified atom stereocenters. The van der Waals surface area contributed by atoms with Crippen molar-refractivity contribution < 1.29 is 9.53 Å². The topological polar surface area (TPSA) is 64.3 Å². The fraction of sp³-hybridized carbons (Fsp3) is 0.533. The number of hydrogen-bond acceptors (Lipinski definition) is 3. The van der Waals surface area contributed by atoms with E-state index >= 15 is 0 Å². The number of amides is 1. The third-order valence-corrected chi connectivity index (χ3v) is 2.90. The van der Waals surface area contributed by atoms with Crippen molar-refractivity contribution in [2.75, 3.05) is 13.7 Å². The van der Waals surface area contributed by atoms with Crippen LogP contribution in [0.1, 0.15) is 23.6 Å². The average Bonchev–Trinajstić information content (AvgIpc) is 2.27. The number of methoxy groups -OCH3 is 1. The molecule has 1 aromatic carbocycles. The molecule has 3 N–H and O–H groups in total. The van der Waals surface area contributed by atoms with E-state index in [1.807, 2.05) is 6.92 Å². The maximum absolute atomic E-state index is 11.8. The van der Waals surface area contributed by atoms with E-state index in [1.165, 1.54) is 23.8 Å². The first-order chi connectivity index (χ1) is 8.92. The van der Waals surface area contributed by atoms with Crippen LogP contribution in [-0.4, -0.2) is 31.7 Å². The van der Waals surface area contributed by atoms with E-state index in [9.17, 15) is 4.79 Å². The van der Waals surface area contributed by atoms with Gasteiger partial charge in [0.25, 0.3) is 0 Å². The Labute approximate surface area is 127 Å². The number of halogens is 1. The van der Waals surface area contributed by atoms with Gasteiger partial charge in [0.05, 0.1) is 6.61 Å². The smallest absolute Gasteiger partial charge is 0.239 e. The summed E-state index contributed by atoms with van der Waals surface area (Å²) in [6.45, 7) is 6.37. The first-order valence-corrected chi connectivity index (χ1v) is 6.54. The van der Waals surface area contributed by atoms with Crippen LogP contribution in [0.3, 0.4) is 0 Å². The maximum atomic E-state index is 11.8. The molecule has 0 saturated heterocycles. The zero-order chi connectivity index (χ0) is 14.4. The second-order valence-corrected chi connectivity index (χ2v) is 5.17. The number of carbonyl (C=O) groups excluding carboxylic acids is 1. The molecule has 0 spiro atoms. The molecule has 0 saturated carbocycles. The van der Waals surface area contributed by atoms with E-state index in [0.29, 0.717) is 0 Å². The minimum Gasteiger partial charge on any atom is -0.383 e. The number of carbonyl (C=O) groups is 1. The summed E-state index contributed by atoms with van der Waals surface area (Å²) in [4.78, 5) is 11.8. The summed E-state index contributed by atoms with van der Waals surface area (Å²) >= 11 is 0. The standard InChI is InChI=1S/C15H24N2O2.ClH/c1-10-5-11(2)7-13(6-10)8-12(3)17-15(18)14(16)9-19-4;/h5-7,12,14H,8-9,16H2,1-4H3,(H,17,18);1H. The average molecular weight is 301 g/mol. The minimum atomic E-state index is -0.605. The van der Waals surface area contributed by atoms with Crippen molar-refractivity contribution in [3.8, 4) is 0 Å². The monoisotopic (exact) mass is 300 g/mol. The number of nitrogens with two attached hydrogens (primary N) is 1.